The second-order valence-electron chi connectivity index (χ2n) is 4.19. The van der Waals surface area contributed by atoms with E-state index in [1.54, 1.807) is 12.1 Å². The normalized spacial score (nSPS) is 11.3. The van der Waals surface area contributed by atoms with Gasteiger partial charge >= 0.3 is 0 Å². The highest BCUT2D eigenvalue weighted by atomic mass is 79.9. The Labute approximate surface area is 124 Å². The van der Waals surface area contributed by atoms with Gasteiger partial charge in [0.2, 0.25) is 9.84 Å². The molecule has 20 heavy (non-hydrogen) atoms. The molecule has 7 heteroatoms. The molecular weight excluding hydrogens is 346 g/mol. The molecule has 0 aliphatic carbocycles. The first-order valence-corrected chi connectivity index (χ1v) is 7.85. The van der Waals surface area contributed by atoms with E-state index in [1.807, 2.05) is 6.92 Å². The molecular formula is C13H10BrNO4S. The predicted molar refractivity (Wildman–Crippen MR) is 77.4 cm³/mol. The Morgan fingerprint density at radius 2 is 1.60 bits per heavy atom. The van der Waals surface area contributed by atoms with Crippen LogP contribution < -0.4 is 0 Å². The van der Waals surface area contributed by atoms with Crippen molar-refractivity contribution in [3.63, 3.8) is 0 Å². The maximum absolute atomic E-state index is 12.4. The maximum atomic E-state index is 12.4. The Morgan fingerprint density at radius 1 is 1.05 bits per heavy atom. The SMILES string of the molecule is Cc1ccc(S(=O)(=O)c2ccc([N+](=O)[O-])c(Br)c2)cc1. The monoisotopic (exact) mass is 355 g/mol. The van der Waals surface area contributed by atoms with Crippen LogP contribution in [0.15, 0.2) is 56.7 Å². The number of rotatable bonds is 3. The fraction of sp³-hybridized carbons (Fsp3) is 0.0769. The zero-order chi connectivity index (χ0) is 14.9. The van der Waals surface area contributed by atoms with E-state index in [0.29, 0.717) is 0 Å². The second kappa shape index (κ2) is 5.34. The predicted octanol–water partition coefficient (Wildman–Crippen LogP) is 3.50. The van der Waals surface area contributed by atoms with Crippen LogP contribution in [0, 0.1) is 17.0 Å². The molecule has 0 fully saturated rings. The van der Waals surface area contributed by atoms with Crippen LogP contribution in [0.3, 0.4) is 0 Å². The van der Waals surface area contributed by atoms with Gasteiger partial charge in [-0.2, -0.15) is 0 Å². The van der Waals surface area contributed by atoms with Gasteiger partial charge in [0.05, 0.1) is 19.2 Å². The maximum Gasteiger partial charge on any atom is 0.283 e. The molecule has 0 bridgehead atoms. The summed E-state index contributed by atoms with van der Waals surface area (Å²) >= 11 is 3.02. The van der Waals surface area contributed by atoms with Gasteiger partial charge in [-0.1, -0.05) is 17.7 Å². The Morgan fingerprint density at radius 3 is 2.10 bits per heavy atom. The summed E-state index contributed by atoms with van der Waals surface area (Å²) in [5.41, 5.74) is 0.779. The van der Waals surface area contributed by atoms with Crippen molar-refractivity contribution in [1.82, 2.24) is 0 Å². The Kier molecular flexibility index (Phi) is 3.92. The van der Waals surface area contributed by atoms with Crippen LogP contribution in [0.1, 0.15) is 5.56 Å². The van der Waals surface area contributed by atoms with Crippen molar-refractivity contribution in [3.05, 3.63) is 62.6 Å². The fourth-order valence-corrected chi connectivity index (χ4v) is 3.62. The molecule has 0 saturated carbocycles. The highest BCUT2D eigenvalue weighted by Gasteiger charge is 2.21. The standard InChI is InChI=1S/C13H10BrNO4S/c1-9-2-4-10(5-3-9)20(18,19)11-6-7-13(15(16)17)12(14)8-11/h2-8H,1H3. The van der Waals surface area contributed by atoms with Gasteiger partial charge in [0.25, 0.3) is 5.69 Å². The Balaban J connectivity index is 2.52. The van der Waals surface area contributed by atoms with E-state index in [-0.39, 0.29) is 20.0 Å². The molecule has 0 unspecified atom stereocenters. The fourth-order valence-electron chi connectivity index (χ4n) is 1.66. The Bertz CT molecular complexity index is 769. The molecule has 0 aliphatic heterocycles. The summed E-state index contributed by atoms with van der Waals surface area (Å²) in [5, 5.41) is 10.7. The minimum absolute atomic E-state index is 0.0128. The summed E-state index contributed by atoms with van der Waals surface area (Å²) < 4.78 is 24.9. The number of nitrogens with zero attached hydrogens (tertiary/aromatic N) is 1. The van der Waals surface area contributed by atoms with E-state index in [4.69, 9.17) is 0 Å². The van der Waals surface area contributed by atoms with Crippen molar-refractivity contribution in [3.8, 4) is 0 Å². The third-order valence-electron chi connectivity index (χ3n) is 2.76. The van der Waals surface area contributed by atoms with Crippen molar-refractivity contribution >= 4 is 31.5 Å². The van der Waals surface area contributed by atoms with Crippen molar-refractivity contribution in [2.75, 3.05) is 0 Å². The molecule has 0 saturated heterocycles. The van der Waals surface area contributed by atoms with Crippen LogP contribution in [0.25, 0.3) is 0 Å². The van der Waals surface area contributed by atoms with Crippen molar-refractivity contribution in [1.29, 1.82) is 0 Å². The molecule has 0 atom stereocenters. The van der Waals surface area contributed by atoms with E-state index in [1.165, 1.54) is 30.3 Å². The quantitative estimate of drug-likeness (QED) is 0.623. The first kappa shape index (κ1) is 14.7. The molecule has 0 aliphatic rings. The summed E-state index contributed by atoms with van der Waals surface area (Å²) in [7, 11) is -3.67. The second-order valence-corrected chi connectivity index (χ2v) is 6.99. The van der Waals surface area contributed by atoms with Crippen LogP contribution in [0.2, 0.25) is 0 Å². The summed E-state index contributed by atoms with van der Waals surface area (Å²) in [6.07, 6.45) is 0. The highest BCUT2D eigenvalue weighted by Crippen LogP contribution is 2.30. The Hall–Kier alpha value is -1.73. The lowest BCUT2D eigenvalue weighted by Crippen LogP contribution is -2.02. The van der Waals surface area contributed by atoms with E-state index >= 15 is 0 Å². The van der Waals surface area contributed by atoms with Crippen LogP contribution in [0.4, 0.5) is 5.69 Å². The van der Waals surface area contributed by atoms with Crippen LogP contribution in [-0.2, 0) is 9.84 Å². The summed E-state index contributed by atoms with van der Waals surface area (Å²) in [6.45, 7) is 1.86. The van der Waals surface area contributed by atoms with Gasteiger partial charge in [-0.3, -0.25) is 10.1 Å². The van der Waals surface area contributed by atoms with Crippen molar-refractivity contribution < 1.29 is 13.3 Å². The molecule has 2 aromatic carbocycles. The molecule has 0 heterocycles. The number of halogens is 1. The van der Waals surface area contributed by atoms with E-state index in [0.717, 1.165) is 5.56 Å². The average Bonchev–Trinajstić information content (AvgIpc) is 2.38. The lowest BCUT2D eigenvalue weighted by molar-refractivity contribution is -0.385. The number of nitro groups is 1. The highest BCUT2D eigenvalue weighted by molar-refractivity contribution is 9.10. The topological polar surface area (TPSA) is 77.3 Å². The van der Waals surface area contributed by atoms with Gasteiger partial charge < -0.3 is 0 Å². The molecule has 104 valence electrons. The first-order valence-electron chi connectivity index (χ1n) is 5.58. The number of aryl methyl sites for hydroxylation is 1. The molecule has 0 aromatic heterocycles. The van der Waals surface area contributed by atoms with Crippen molar-refractivity contribution in [2.45, 2.75) is 16.7 Å². The molecule has 0 N–H and O–H groups in total. The molecule has 2 rings (SSSR count). The lowest BCUT2D eigenvalue weighted by atomic mass is 10.2. The van der Waals surface area contributed by atoms with Crippen LogP contribution >= 0.6 is 15.9 Å². The molecule has 5 nitrogen and oxygen atoms in total. The van der Waals surface area contributed by atoms with Gasteiger partial charge in [0.1, 0.15) is 0 Å². The number of nitro benzene ring substituents is 1. The largest absolute Gasteiger partial charge is 0.283 e. The van der Waals surface area contributed by atoms with E-state index in [2.05, 4.69) is 15.9 Å². The molecule has 2 aromatic rings. The van der Waals surface area contributed by atoms with Crippen LogP contribution in [-0.4, -0.2) is 13.3 Å². The van der Waals surface area contributed by atoms with Gasteiger partial charge in [-0.05, 0) is 47.1 Å². The average molecular weight is 356 g/mol. The molecule has 0 spiro atoms. The van der Waals surface area contributed by atoms with E-state index < -0.39 is 14.8 Å². The zero-order valence-corrected chi connectivity index (χ0v) is 12.8. The third kappa shape index (κ3) is 2.73. The third-order valence-corrected chi connectivity index (χ3v) is 5.16. The lowest BCUT2D eigenvalue weighted by Gasteiger charge is -2.06. The summed E-state index contributed by atoms with van der Waals surface area (Å²) in [5.74, 6) is 0. The van der Waals surface area contributed by atoms with Gasteiger partial charge in [0, 0.05) is 6.07 Å². The van der Waals surface area contributed by atoms with Gasteiger partial charge in [-0.15, -0.1) is 0 Å². The number of sulfone groups is 1. The van der Waals surface area contributed by atoms with E-state index in [9.17, 15) is 18.5 Å². The minimum Gasteiger partial charge on any atom is -0.258 e. The van der Waals surface area contributed by atoms with Crippen LogP contribution in [0.5, 0.6) is 0 Å². The summed E-state index contributed by atoms with van der Waals surface area (Å²) in [4.78, 5) is 10.3. The summed E-state index contributed by atoms with van der Waals surface area (Å²) in [6, 6.07) is 10.1. The zero-order valence-electron chi connectivity index (χ0n) is 10.4. The minimum atomic E-state index is -3.67. The molecule has 0 radical (unpaired) electrons. The van der Waals surface area contributed by atoms with Crippen molar-refractivity contribution in [2.24, 2.45) is 0 Å². The molecule has 0 amide bonds. The first-order chi connectivity index (χ1) is 9.32. The van der Waals surface area contributed by atoms with Gasteiger partial charge in [0.15, 0.2) is 0 Å². The smallest absolute Gasteiger partial charge is 0.258 e. The number of benzene rings is 2. The number of hydrogen-bond donors (Lipinski definition) is 0. The van der Waals surface area contributed by atoms with Gasteiger partial charge in [-0.25, -0.2) is 8.42 Å². The number of hydrogen-bond acceptors (Lipinski definition) is 4.